The lowest BCUT2D eigenvalue weighted by molar-refractivity contribution is -0.127. The predicted molar refractivity (Wildman–Crippen MR) is 98.1 cm³/mol. The quantitative estimate of drug-likeness (QED) is 0.606. The van der Waals surface area contributed by atoms with Crippen LogP contribution in [0.15, 0.2) is 12.1 Å². The Morgan fingerprint density at radius 2 is 1.62 bits per heavy atom. The van der Waals surface area contributed by atoms with E-state index in [1.54, 1.807) is 19.9 Å². The van der Waals surface area contributed by atoms with E-state index in [0.717, 1.165) is 6.42 Å². The number of ether oxygens (including phenoxy) is 3. The van der Waals surface area contributed by atoms with Crippen molar-refractivity contribution in [1.82, 2.24) is 0 Å². The molecule has 142 valence electrons. The van der Waals surface area contributed by atoms with Gasteiger partial charge in [-0.15, -0.1) is 0 Å². The predicted octanol–water partition coefficient (Wildman–Crippen LogP) is 3.06. The molecule has 1 aromatic rings. The molecule has 1 fully saturated rings. The topological polar surface area (TPSA) is 63.2 Å². The summed E-state index contributed by atoms with van der Waals surface area (Å²) >= 11 is 0. The molecular weight excluding hydrogens is 335 g/mol. The summed E-state index contributed by atoms with van der Waals surface area (Å²) in [7, 11) is -0.643. The van der Waals surface area contributed by atoms with E-state index in [4.69, 9.17) is 23.5 Å². The van der Waals surface area contributed by atoms with Crippen molar-refractivity contribution in [1.29, 1.82) is 0 Å². The molecule has 0 atom stereocenters. The second-order valence-electron chi connectivity index (χ2n) is 8.19. The number of hydrogen-bond donors (Lipinski definition) is 0. The summed E-state index contributed by atoms with van der Waals surface area (Å²) in [6, 6.07) is 3.58. The Morgan fingerprint density at radius 1 is 1.00 bits per heavy atom. The van der Waals surface area contributed by atoms with Crippen LogP contribution in [0.3, 0.4) is 0 Å². The second kappa shape index (κ2) is 6.17. The molecule has 2 aliphatic rings. The summed E-state index contributed by atoms with van der Waals surface area (Å²) in [5, 5.41) is 0. The first-order valence-corrected chi connectivity index (χ1v) is 9.05. The van der Waals surface area contributed by atoms with Crippen molar-refractivity contribution < 1.29 is 28.3 Å². The molecule has 0 unspecified atom stereocenters. The summed E-state index contributed by atoms with van der Waals surface area (Å²) < 4.78 is 29.4. The van der Waals surface area contributed by atoms with Crippen LogP contribution in [0.25, 0.3) is 0 Å². The summed E-state index contributed by atoms with van der Waals surface area (Å²) in [5.41, 5.74) is -0.0450. The molecule has 0 saturated carbocycles. The number of cyclic esters (lactones) is 1. The van der Waals surface area contributed by atoms with Crippen LogP contribution in [0.5, 0.6) is 11.5 Å². The number of benzene rings is 1. The van der Waals surface area contributed by atoms with E-state index in [1.165, 1.54) is 0 Å². The molecule has 0 amide bonds. The molecule has 1 saturated heterocycles. The van der Waals surface area contributed by atoms with Crippen molar-refractivity contribution in [2.24, 2.45) is 0 Å². The van der Waals surface area contributed by atoms with E-state index < -0.39 is 30.1 Å². The summed E-state index contributed by atoms with van der Waals surface area (Å²) in [6.45, 7) is 13.8. The lowest BCUT2D eigenvalue weighted by Gasteiger charge is -2.34. The first-order valence-electron chi connectivity index (χ1n) is 9.05. The Morgan fingerprint density at radius 3 is 2.19 bits per heavy atom. The van der Waals surface area contributed by atoms with Gasteiger partial charge < -0.3 is 23.5 Å². The van der Waals surface area contributed by atoms with Gasteiger partial charge in [0.15, 0.2) is 0 Å². The fourth-order valence-electron chi connectivity index (χ4n) is 2.91. The number of carbonyl (C=O) groups is 1. The van der Waals surface area contributed by atoms with E-state index in [-0.39, 0.29) is 5.56 Å². The van der Waals surface area contributed by atoms with Crippen LogP contribution in [-0.4, -0.2) is 36.7 Å². The minimum Gasteiger partial charge on any atom is -0.493 e. The first-order chi connectivity index (χ1) is 12.0. The lowest BCUT2D eigenvalue weighted by atomic mass is 9.77. The zero-order valence-electron chi connectivity index (χ0n) is 16.6. The molecule has 6 nitrogen and oxygen atoms in total. The molecular formula is C19H27BO6. The number of carbonyl (C=O) groups excluding carboxylic acids is 1. The third kappa shape index (κ3) is 3.18. The third-order valence-electron chi connectivity index (χ3n) is 5.01. The average molecular weight is 362 g/mol. The van der Waals surface area contributed by atoms with Gasteiger partial charge in [0.1, 0.15) is 17.1 Å². The van der Waals surface area contributed by atoms with E-state index >= 15 is 0 Å². The van der Waals surface area contributed by atoms with Crippen LogP contribution in [0.2, 0.25) is 0 Å². The van der Waals surface area contributed by atoms with Crippen molar-refractivity contribution >= 4 is 18.6 Å². The van der Waals surface area contributed by atoms with Crippen molar-refractivity contribution in [2.75, 3.05) is 6.61 Å². The molecule has 2 heterocycles. The maximum absolute atomic E-state index is 12.6. The van der Waals surface area contributed by atoms with Crippen molar-refractivity contribution in [3.63, 3.8) is 0 Å². The van der Waals surface area contributed by atoms with E-state index in [0.29, 0.717) is 23.6 Å². The highest BCUT2D eigenvalue weighted by Crippen LogP contribution is 2.40. The lowest BCUT2D eigenvalue weighted by Crippen LogP contribution is -2.44. The minimum atomic E-state index is -1.08. The normalized spacial score (nSPS) is 22.4. The third-order valence-corrected chi connectivity index (χ3v) is 5.01. The van der Waals surface area contributed by atoms with Crippen molar-refractivity contribution in [2.45, 2.75) is 71.9 Å². The number of fused-ring (bicyclic) bond motifs is 1. The fourth-order valence-corrected chi connectivity index (χ4v) is 2.91. The van der Waals surface area contributed by atoms with Crippen LogP contribution in [-0.2, 0) is 14.0 Å². The van der Waals surface area contributed by atoms with Crippen molar-refractivity contribution in [3.8, 4) is 11.5 Å². The molecule has 0 spiro atoms. The van der Waals surface area contributed by atoms with Crippen LogP contribution in [0.1, 0.15) is 65.2 Å². The molecule has 0 aromatic heterocycles. The van der Waals surface area contributed by atoms with Crippen LogP contribution >= 0.6 is 0 Å². The summed E-state index contributed by atoms with van der Waals surface area (Å²) in [6.07, 6.45) is 0.829. The molecule has 0 radical (unpaired) electrons. The van der Waals surface area contributed by atoms with Gasteiger partial charge in [-0.2, -0.15) is 0 Å². The number of esters is 1. The molecule has 2 aliphatic heterocycles. The molecule has 0 N–H and O–H groups in total. The Balaban J connectivity index is 2.08. The first kappa shape index (κ1) is 19.0. The monoisotopic (exact) mass is 362 g/mol. The highest BCUT2D eigenvalue weighted by atomic mass is 16.7. The maximum atomic E-state index is 12.6. The van der Waals surface area contributed by atoms with Crippen molar-refractivity contribution in [3.05, 3.63) is 17.7 Å². The van der Waals surface area contributed by atoms with E-state index in [9.17, 15) is 4.79 Å². The van der Waals surface area contributed by atoms with E-state index in [2.05, 4.69) is 0 Å². The van der Waals surface area contributed by atoms with Gasteiger partial charge >= 0.3 is 13.1 Å². The minimum absolute atomic E-state index is 0.282. The zero-order chi connectivity index (χ0) is 19.3. The number of hydrogen-bond acceptors (Lipinski definition) is 6. The van der Waals surface area contributed by atoms with Gasteiger partial charge in [-0.3, -0.25) is 0 Å². The van der Waals surface area contributed by atoms with Gasteiger partial charge in [0.05, 0.1) is 17.8 Å². The van der Waals surface area contributed by atoms with Gasteiger partial charge in [-0.1, -0.05) is 13.0 Å². The van der Waals surface area contributed by atoms with Gasteiger partial charge in [-0.25, -0.2) is 4.79 Å². The van der Waals surface area contributed by atoms with Crippen LogP contribution in [0, 0.1) is 0 Å². The molecule has 1 aromatic carbocycles. The molecule has 3 rings (SSSR count). The zero-order valence-corrected chi connectivity index (χ0v) is 16.6. The number of rotatable bonds is 4. The average Bonchev–Trinajstić information content (AvgIpc) is 2.71. The van der Waals surface area contributed by atoms with Gasteiger partial charge in [-0.05, 0) is 40.2 Å². The van der Waals surface area contributed by atoms with E-state index in [1.807, 2.05) is 40.7 Å². The summed E-state index contributed by atoms with van der Waals surface area (Å²) in [5.74, 6) is -0.701. The molecule has 0 bridgehead atoms. The van der Waals surface area contributed by atoms with Gasteiger partial charge in [0.2, 0.25) is 5.79 Å². The Labute approximate surface area is 155 Å². The Hall–Kier alpha value is -1.73. The standard InChI is InChI=1S/C19H27BO6/c1-8-11-22-13-10-9-12(20-25-17(2,3)18(4,5)26-20)15-14(13)16(21)24-19(6,7)23-15/h9-10H,8,11H2,1-7H3. The van der Waals surface area contributed by atoms with Crippen LogP contribution < -0.4 is 14.9 Å². The Bertz CT molecular complexity index is 709. The van der Waals surface area contributed by atoms with Gasteiger partial charge in [0, 0.05) is 19.3 Å². The maximum Gasteiger partial charge on any atom is 0.498 e. The second-order valence-corrected chi connectivity index (χ2v) is 8.19. The van der Waals surface area contributed by atoms with Gasteiger partial charge in [0.25, 0.3) is 0 Å². The SMILES string of the molecule is CCCOc1ccc(B2OC(C)(C)C(C)(C)O2)c2c1C(=O)OC(C)(C)O2. The molecule has 0 aliphatic carbocycles. The highest BCUT2D eigenvalue weighted by Gasteiger charge is 2.53. The largest absolute Gasteiger partial charge is 0.498 e. The smallest absolute Gasteiger partial charge is 0.493 e. The molecule has 7 heteroatoms. The van der Waals surface area contributed by atoms with Crippen LogP contribution in [0.4, 0.5) is 0 Å². The highest BCUT2D eigenvalue weighted by molar-refractivity contribution is 6.63. The summed E-state index contributed by atoms with van der Waals surface area (Å²) in [4.78, 5) is 12.6. The fraction of sp³-hybridized carbons (Fsp3) is 0.632. The Kier molecular flexibility index (Phi) is 4.52. The molecule has 26 heavy (non-hydrogen) atoms.